The molecule has 0 aliphatic rings. The molecule has 0 radical (unpaired) electrons. The van der Waals surface area contributed by atoms with Crippen LogP contribution in [-0.4, -0.2) is 24.4 Å². The number of hydrogen-bond donors (Lipinski definition) is 1. The molecule has 1 N–H and O–H groups in total. The second kappa shape index (κ2) is 4.42. The zero-order chi connectivity index (χ0) is 13.4. The summed E-state index contributed by atoms with van der Waals surface area (Å²) in [6, 6.07) is 5.74. The lowest BCUT2D eigenvalue weighted by Crippen LogP contribution is -2.12. The van der Waals surface area contributed by atoms with Crippen LogP contribution >= 0.6 is 0 Å². The van der Waals surface area contributed by atoms with Crippen LogP contribution in [0.2, 0.25) is 0 Å². The van der Waals surface area contributed by atoms with Crippen LogP contribution < -0.4 is 0 Å². The molecule has 0 aliphatic carbocycles. The van der Waals surface area contributed by atoms with E-state index >= 15 is 0 Å². The van der Waals surface area contributed by atoms with Gasteiger partial charge in [-0.1, -0.05) is 6.92 Å². The molecular formula is C14H16N4O. The fourth-order valence-electron chi connectivity index (χ4n) is 2.54. The molecule has 98 valence electrons. The summed E-state index contributed by atoms with van der Waals surface area (Å²) >= 11 is 0. The van der Waals surface area contributed by atoms with Crippen LogP contribution in [-0.2, 0) is 7.05 Å². The van der Waals surface area contributed by atoms with E-state index in [1.165, 1.54) is 0 Å². The molecule has 0 bridgehead atoms. The van der Waals surface area contributed by atoms with Gasteiger partial charge in [0, 0.05) is 25.6 Å². The fraction of sp³-hybridized carbons (Fsp3) is 0.286. The largest absolute Gasteiger partial charge is 0.494 e. The Hall–Kier alpha value is -2.30. The number of hydrogen-bond acceptors (Lipinski definition) is 3. The maximum Gasteiger partial charge on any atom is 0.201 e. The first-order valence-electron chi connectivity index (χ1n) is 6.34. The predicted octanol–water partition coefficient (Wildman–Crippen LogP) is 2.47. The highest BCUT2D eigenvalue weighted by Crippen LogP contribution is 2.32. The third kappa shape index (κ3) is 1.78. The first-order chi connectivity index (χ1) is 9.22. The van der Waals surface area contributed by atoms with Gasteiger partial charge in [-0.05, 0) is 24.6 Å². The summed E-state index contributed by atoms with van der Waals surface area (Å²) in [6.07, 6.45) is 6.27. The molecule has 0 fully saturated rings. The third-order valence-electron chi connectivity index (χ3n) is 3.51. The topological polar surface area (TPSA) is 55.9 Å². The summed E-state index contributed by atoms with van der Waals surface area (Å²) in [4.78, 5) is 4.28. The molecule has 0 amide bonds. The number of aromatic nitrogens is 4. The molecule has 1 unspecified atom stereocenters. The van der Waals surface area contributed by atoms with Crippen molar-refractivity contribution in [1.29, 1.82) is 0 Å². The van der Waals surface area contributed by atoms with Gasteiger partial charge in [0.15, 0.2) is 0 Å². The predicted molar refractivity (Wildman–Crippen MR) is 73.0 cm³/mol. The Bertz CT molecular complexity index is 713. The van der Waals surface area contributed by atoms with Gasteiger partial charge in [0.05, 0.1) is 22.6 Å². The van der Waals surface area contributed by atoms with Crippen LogP contribution in [0.15, 0.2) is 36.8 Å². The first-order valence-corrected chi connectivity index (χ1v) is 6.34. The molecule has 5 nitrogen and oxygen atoms in total. The number of aryl methyl sites for hydroxylation is 1. The molecule has 3 aromatic rings. The Morgan fingerprint density at radius 2 is 2.16 bits per heavy atom. The first kappa shape index (κ1) is 11.8. The molecule has 19 heavy (non-hydrogen) atoms. The number of fused-ring (bicyclic) bond motifs is 1. The minimum atomic E-state index is 0.0571. The van der Waals surface area contributed by atoms with Gasteiger partial charge in [-0.15, -0.1) is 0 Å². The van der Waals surface area contributed by atoms with Crippen LogP contribution in [0, 0.1) is 0 Å². The second-order valence-electron chi connectivity index (χ2n) is 4.60. The smallest absolute Gasteiger partial charge is 0.201 e. The van der Waals surface area contributed by atoms with Gasteiger partial charge in [0.25, 0.3) is 0 Å². The van der Waals surface area contributed by atoms with Gasteiger partial charge in [0.2, 0.25) is 5.88 Å². The maximum atomic E-state index is 10.4. The highest BCUT2D eigenvalue weighted by molar-refractivity contribution is 5.84. The number of rotatable bonds is 3. The van der Waals surface area contributed by atoms with E-state index in [0.717, 1.165) is 23.0 Å². The summed E-state index contributed by atoms with van der Waals surface area (Å²) in [7, 11) is 1.91. The van der Waals surface area contributed by atoms with Crippen LogP contribution in [0.4, 0.5) is 0 Å². The summed E-state index contributed by atoms with van der Waals surface area (Å²) in [5, 5.41) is 15.4. The summed E-state index contributed by atoms with van der Waals surface area (Å²) in [5.41, 5.74) is 1.87. The van der Waals surface area contributed by atoms with Crippen molar-refractivity contribution in [2.24, 2.45) is 7.05 Å². The van der Waals surface area contributed by atoms with E-state index in [9.17, 15) is 5.11 Å². The van der Waals surface area contributed by atoms with Crippen molar-refractivity contribution in [3.05, 3.63) is 42.5 Å². The number of nitrogens with zero attached hydrogens (tertiary/aromatic N) is 4. The van der Waals surface area contributed by atoms with E-state index in [0.29, 0.717) is 0 Å². The molecule has 0 aliphatic heterocycles. The molecule has 0 saturated heterocycles. The van der Waals surface area contributed by atoms with Crippen molar-refractivity contribution in [2.75, 3.05) is 0 Å². The molecule has 0 aromatic carbocycles. The lowest BCUT2D eigenvalue weighted by Gasteiger charge is -2.18. The van der Waals surface area contributed by atoms with E-state index in [1.807, 2.05) is 40.7 Å². The molecule has 5 heteroatoms. The molecule has 0 saturated carbocycles. The van der Waals surface area contributed by atoms with Gasteiger partial charge in [-0.2, -0.15) is 5.10 Å². The van der Waals surface area contributed by atoms with Gasteiger partial charge in [-0.25, -0.2) is 0 Å². The van der Waals surface area contributed by atoms with E-state index in [2.05, 4.69) is 17.0 Å². The van der Waals surface area contributed by atoms with Crippen LogP contribution in [0.3, 0.4) is 0 Å². The zero-order valence-corrected chi connectivity index (χ0v) is 11.0. The maximum absolute atomic E-state index is 10.4. The highest BCUT2D eigenvalue weighted by Gasteiger charge is 2.19. The van der Waals surface area contributed by atoms with Crippen molar-refractivity contribution < 1.29 is 5.11 Å². The quantitative estimate of drug-likeness (QED) is 0.783. The number of pyridine rings is 1. The molecule has 3 heterocycles. The van der Waals surface area contributed by atoms with Crippen molar-refractivity contribution in [3.8, 4) is 5.88 Å². The molecule has 1 atom stereocenters. The Labute approximate surface area is 111 Å². The molecule has 0 spiro atoms. The van der Waals surface area contributed by atoms with Crippen LogP contribution in [0.5, 0.6) is 5.88 Å². The second-order valence-corrected chi connectivity index (χ2v) is 4.60. The normalized spacial score (nSPS) is 12.9. The Kier molecular flexibility index (Phi) is 2.74. The van der Waals surface area contributed by atoms with Gasteiger partial charge < -0.3 is 9.67 Å². The van der Waals surface area contributed by atoms with Gasteiger partial charge >= 0.3 is 0 Å². The average Bonchev–Trinajstić information content (AvgIpc) is 2.98. The minimum Gasteiger partial charge on any atom is -0.494 e. The SMILES string of the molecule is CCC(c1ccnn1C)n1cc2ncccc2c1O. The van der Waals surface area contributed by atoms with E-state index in [-0.39, 0.29) is 11.9 Å². The average molecular weight is 256 g/mol. The summed E-state index contributed by atoms with van der Waals surface area (Å²) < 4.78 is 3.71. The molecule has 3 rings (SSSR count). The fourth-order valence-corrected chi connectivity index (χ4v) is 2.54. The van der Waals surface area contributed by atoms with E-state index in [1.54, 1.807) is 12.4 Å². The zero-order valence-electron chi connectivity index (χ0n) is 11.0. The molecule has 3 aromatic heterocycles. The lowest BCUT2D eigenvalue weighted by molar-refractivity contribution is 0.393. The lowest BCUT2D eigenvalue weighted by atomic mass is 10.1. The standard InChI is InChI=1S/C14H16N4O/c1-3-12(13-6-8-16-17(13)2)18-9-11-10(14(18)19)5-4-7-15-11/h4-9,12,19H,3H2,1-2H3. The van der Waals surface area contributed by atoms with Crippen molar-refractivity contribution in [3.63, 3.8) is 0 Å². The van der Waals surface area contributed by atoms with E-state index < -0.39 is 0 Å². The van der Waals surface area contributed by atoms with Crippen molar-refractivity contribution in [1.82, 2.24) is 19.3 Å². The Balaban J connectivity index is 2.17. The highest BCUT2D eigenvalue weighted by atomic mass is 16.3. The van der Waals surface area contributed by atoms with E-state index in [4.69, 9.17) is 0 Å². The molecular weight excluding hydrogens is 240 g/mol. The summed E-state index contributed by atoms with van der Waals surface area (Å²) in [5.74, 6) is 0.260. The van der Waals surface area contributed by atoms with Gasteiger partial charge in [-0.3, -0.25) is 9.67 Å². The van der Waals surface area contributed by atoms with Crippen LogP contribution in [0.1, 0.15) is 25.1 Å². The van der Waals surface area contributed by atoms with Crippen LogP contribution in [0.25, 0.3) is 10.9 Å². The van der Waals surface area contributed by atoms with Crippen molar-refractivity contribution in [2.45, 2.75) is 19.4 Å². The minimum absolute atomic E-state index is 0.0571. The Morgan fingerprint density at radius 1 is 1.32 bits per heavy atom. The Morgan fingerprint density at radius 3 is 2.79 bits per heavy atom. The third-order valence-corrected chi connectivity index (χ3v) is 3.51. The number of aromatic hydroxyl groups is 1. The van der Waals surface area contributed by atoms with Crippen molar-refractivity contribution >= 4 is 10.9 Å². The monoisotopic (exact) mass is 256 g/mol. The van der Waals surface area contributed by atoms with Gasteiger partial charge in [0.1, 0.15) is 0 Å². The summed E-state index contributed by atoms with van der Waals surface area (Å²) in [6.45, 7) is 2.09.